The molecule has 0 aliphatic heterocycles. The lowest BCUT2D eigenvalue weighted by Crippen LogP contribution is -2.28. The quantitative estimate of drug-likeness (QED) is 0.789. The number of nitrogens with one attached hydrogen (secondary N) is 2. The number of H-pyrrole nitrogens is 1. The first-order valence-electron chi connectivity index (χ1n) is 7.61. The molecule has 1 amide bonds. The Kier molecular flexibility index (Phi) is 5.93. The lowest BCUT2D eigenvalue weighted by Gasteiger charge is -2.08. The summed E-state index contributed by atoms with van der Waals surface area (Å²) in [6.45, 7) is 3.78. The van der Waals surface area contributed by atoms with E-state index >= 15 is 0 Å². The molecule has 126 valence electrons. The lowest BCUT2D eigenvalue weighted by atomic mass is 10.1. The summed E-state index contributed by atoms with van der Waals surface area (Å²) in [6, 6.07) is 8.41. The Morgan fingerprint density at radius 2 is 1.79 bits per heavy atom. The molecule has 2 N–H and O–H groups in total. The highest BCUT2D eigenvalue weighted by Crippen LogP contribution is 2.12. The molecule has 6 heteroatoms. The number of hydrogen-bond donors (Lipinski definition) is 2. The number of hydrogen-bond acceptors (Lipinski definition) is 3. The maximum Gasteiger partial charge on any atom is 0.253 e. The number of ketones is 1. The van der Waals surface area contributed by atoms with Crippen molar-refractivity contribution in [1.82, 2.24) is 10.3 Å². The normalized spacial score (nSPS) is 10.5. The van der Waals surface area contributed by atoms with Crippen molar-refractivity contribution >= 4 is 23.3 Å². The van der Waals surface area contributed by atoms with Crippen LogP contribution < -0.4 is 10.9 Å². The molecule has 2 aromatic rings. The molecule has 5 nitrogen and oxygen atoms in total. The third-order valence-corrected chi connectivity index (χ3v) is 3.95. The zero-order chi connectivity index (χ0) is 17.7. The van der Waals surface area contributed by atoms with Crippen molar-refractivity contribution in [2.45, 2.75) is 33.2 Å². The fourth-order valence-corrected chi connectivity index (χ4v) is 2.51. The highest BCUT2D eigenvalue weighted by molar-refractivity contribution is 6.30. The predicted octanol–water partition coefficient (Wildman–Crippen LogP) is 2.92. The molecule has 0 aliphatic carbocycles. The first-order valence-corrected chi connectivity index (χ1v) is 7.99. The Balaban J connectivity index is 1.87. The van der Waals surface area contributed by atoms with Crippen molar-refractivity contribution in [3.8, 4) is 0 Å². The maximum absolute atomic E-state index is 12.0. The van der Waals surface area contributed by atoms with E-state index < -0.39 is 0 Å². The van der Waals surface area contributed by atoms with Gasteiger partial charge in [0.25, 0.3) is 5.56 Å². The van der Waals surface area contributed by atoms with Gasteiger partial charge >= 0.3 is 0 Å². The number of carbonyl (C=O) groups is 2. The van der Waals surface area contributed by atoms with E-state index in [0.29, 0.717) is 16.1 Å². The lowest BCUT2D eigenvalue weighted by molar-refractivity contribution is -0.121. The second-order valence-electron chi connectivity index (χ2n) is 5.65. The molecule has 0 spiro atoms. The van der Waals surface area contributed by atoms with E-state index in [4.69, 9.17) is 11.6 Å². The molecule has 0 unspecified atom stereocenters. The topological polar surface area (TPSA) is 79.0 Å². The summed E-state index contributed by atoms with van der Waals surface area (Å²) in [5.41, 5.74) is 2.45. The Morgan fingerprint density at radius 3 is 2.42 bits per heavy atom. The van der Waals surface area contributed by atoms with E-state index in [2.05, 4.69) is 10.3 Å². The number of rotatable bonds is 6. The van der Waals surface area contributed by atoms with Crippen LogP contribution >= 0.6 is 11.6 Å². The summed E-state index contributed by atoms with van der Waals surface area (Å²) in [5.74, 6) is -0.386. The number of pyridine rings is 1. The summed E-state index contributed by atoms with van der Waals surface area (Å²) >= 11 is 5.78. The van der Waals surface area contributed by atoms with Crippen LogP contribution in [0.2, 0.25) is 5.02 Å². The molecule has 0 bridgehead atoms. The number of aryl methyl sites for hydroxylation is 2. The van der Waals surface area contributed by atoms with Crippen LogP contribution in [0.3, 0.4) is 0 Å². The van der Waals surface area contributed by atoms with Crippen molar-refractivity contribution in [2.24, 2.45) is 0 Å². The van der Waals surface area contributed by atoms with Gasteiger partial charge in [-0.1, -0.05) is 11.6 Å². The number of aromatic amines is 1. The first-order chi connectivity index (χ1) is 11.4. The van der Waals surface area contributed by atoms with Crippen LogP contribution in [-0.2, 0) is 11.3 Å². The van der Waals surface area contributed by atoms with Gasteiger partial charge in [0.2, 0.25) is 5.91 Å². The van der Waals surface area contributed by atoms with Gasteiger partial charge in [-0.2, -0.15) is 0 Å². The van der Waals surface area contributed by atoms with E-state index in [1.807, 2.05) is 13.0 Å². The van der Waals surface area contributed by atoms with Gasteiger partial charge in [-0.05, 0) is 49.7 Å². The van der Waals surface area contributed by atoms with E-state index in [1.54, 1.807) is 31.2 Å². The molecule has 0 saturated heterocycles. The molecule has 0 atom stereocenters. The van der Waals surface area contributed by atoms with E-state index in [1.165, 1.54) is 0 Å². The molecular weight excluding hydrogens is 328 g/mol. The SMILES string of the molecule is Cc1cc(C)c(CNC(=O)CCC(=O)c2ccc(Cl)cc2)c(=O)[nH]1. The predicted molar refractivity (Wildman–Crippen MR) is 93.4 cm³/mol. The van der Waals surface area contributed by atoms with Crippen molar-refractivity contribution in [3.05, 3.63) is 68.1 Å². The van der Waals surface area contributed by atoms with Gasteiger partial charge in [-0.15, -0.1) is 0 Å². The molecule has 24 heavy (non-hydrogen) atoms. The molecule has 1 aromatic heterocycles. The first kappa shape index (κ1) is 17.9. The standard InChI is InChI=1S/C18H19ClN2O3/c1-11-9-12(2)21-18(24)15(11)10-20-17(23)8-7-16(22)13-3-5-14(19)6-4-13/h3-6,9H,7-8,10H2,1-2H3,(H,20,23)(H,21,24). The fraction of sp³-hybridized carbons (Fsp3) is 0.278. The summed E-state index contributed by atoms with van der Waals surface area (Å²) in [6.07, 6.45) is 0.182. The van der Waals surface area contributed by atoms with Crippen LogP contribution in [0, 0.1) is 13.8 Å². The number of benzene rings is 1. The Morgan fingerprint density at radius 1 is 1.12 bits per heavy atom. The van der Waals surface area contributed by atoms with Gasteiger partial charge in [-0.3, -0.25) is 14.4 Å². The summed E-state index contributed by atoms with van der Waals surface area (Å²) in [4.78, 5) is 38.5. The third-order valence-electron chi connectivity index (χ3n) is 3.70. The molecule has 0 saturated carbocycles. The van der Waals surface area contributed by atoms with Crippen LogP contribution in [0.25, 0.3) is 0 Å². The molecule has 0 radical (unpaired) electrons. The van der Waals surface area contributed by atoms with Crippen LogP contribution in [0.5, 0.6) is 0 Å². The molecule has 0 fully saturated rings. The Labute approximate surface area is 145 Å². The average molecular weight is 347 g/mol. The van der Waals surface area contributed by atoms with Crippen molar-refractivity contribution in [3.63, 3.8) is 0 Å². The van der Waals surface area contributed by atoms with Crippen LogP contribution in [0.15, 0.2) is 35.1 Å². The molecular formula is C18H19ClN2O3. The minimum atomic E-state index is -0.267. The maximum atomic E-state index is 12.0. The number of halogens is 1. The third kappa shape index (κ3) is 4.80. The van der Waals surface area contributed by atoms with Crippen LogP contribution in [0.4, 0.5) is 0 Å². The van der Waals surface area contributed by atoms with Gasteiger partial charge in [-0.25, -0.2) is 0 Å². The second-order valence-corrected chi connectivity index (χ2v) is 6.09. The van der Waals surface area contributed by atoms with Gasteiger partial charge in [0, 0.05) is 41.2 Å². The Hall–Kier alpha value is -2.40. The zero-order valence-electron chi connectivity index (χ0n) is 13.6. The van der Waals surface area contributed by atoms with Gasteiger partial charge in [0.05, 0.1) is 0 Å². The number of aromatic nitrogens is 1. The van der Waals surface area contributed by atoms with Gasteiger partial charge in [0.15, 0.2) is 5.78 Å². The number of Topliss-reactive ketones (excluding diaryl/α,β-unsaturated/α-hetero) is 1. The molecule has 1 heterocycles. The molecule has 0 aliphatic rings. The highest BCUT2D eigenvalue weighted by Gasteiger charge is 2.11. The zero-order valence-corrected chi connectivity index (χ0v) is 14.4. The van der Waals surface area contributed by atoms with Crippen LogP contribution in [0.1, 0.15) is 40.0 Å². The van der Waals surface area contributed by atoms with E-state index in [0.717, 1.165) is 11.3 Å². The van der Waals surface area contributed by atoms with E-state index in [-0.39, 0.29) is 36.6 Å². The van der Waals surface area contributed by atoms with Crippen molar-refractivity contribution in [2.75, 3.05) is 0 Å². The smallest absolute Gasteiger partial charge is 0.253 e. The average Bonchev–Trinajstić information content (AvgIpc) is 2.52. The Bertz CT molecular complexity index is 810. The number of amides is 1. The second kappa shape index (κ2) is 7.93. The van der Waals surface area contributed by atoms with Gasteiger partial charge in [0.1, 0.15) is 0 Å². The summed E-state index contributed by atoms with van der Waals surface area (Å²) in [5, 5.41) is 3.24. The molecule has 2 rings (SSSR count). The monoisotopic (exact) mass is 346 g/mol. The number of carbonyl (C=O) groups excluding carboxylic acids is 2. The van der Waals surface area contributed by atoms with Crippen molar-refractivity contribution in [1.29, 1.82) is 0 Å². The minimum Gasteiger partial charge on any atom is -0.352 e. The van der Waals surface area contributed by atoms with E-state index in [9.17, 15) is 14.4 Å². The fourth-order valence-electron chi connectivity index (χ4n) is 2.38. The van der Waals surface area contributed by atoms with Crippen molar-refractivity contribution < 1.29 is 9.59 Å². The highest BCUT2D eigenvalue weighted by atomic mass is 35.5. The summed E-state index contributed by atoms with van der Waals surface area (Å²) < 4.78 is 0. The minimum absolute atomic E-state index is 0.0737. The van der Waals surface area contributed by atoms with Gasteiger partial charge < -0.3 is 10.3 Å². The largest absolute Gasteiger partial charge is 0.352 e. The molecule has 1 aromatic carbocycles. The van der Waals surface area contributed by atoms with Crippen LogP contribution in [-0.4, -0.2) is 16.7 Å². The summed E-state index contributed by atoms with van der Waals surface area (Å²) in [7, 11) is 0.